The second kappa shape index (κ2) is 5.86. The van der Waals surface area contributed by atoms with Gasteiger partial charge >= 0.3 is 12.0 Å². The summed E-state index contributed by atoms with van der Waals surface area (Å²) < 4.78 is 4.74. The van der Waals surface area contributed by atoms with Gasteiger partial charge in [-0.15, -0.1) is 0 Å². The lowest BCUT2D eigenvalue weighted by molar-refractivity contribution is -0.148. The normalized spacial score (nSPS) is 25.7. The molecular formula is C11H20N2O4. The predicted molar refractivity (Wildman–Crippen MR) is 61.8 cm³/mol. The second-order valence-electron chi connectivity index (χ2n) is 4.59. The smallest absolute Gasteiger partial charge is 0.334 e. The standard InChI is InChI=1S/C11H20N2O4/c1-7-4-8(2)13(6-7)11(16)12-5-9(17-3)10(14)15/h7-9H,4-6H2,1-3H3,(H,12,16)(H,14,15). The first-order chi connectivity index (χ1) is 7.95. The van der Waals surface area contributed by atoms with Gasteiger partial charge in [-0.2, -0.15) is 0 Å². The van der Waals surface area contributed by atoms with Crippen LogP contribution in [0.3, 0.4) is 0 Å². The molecule has 0 aromatic heterocycles. The zero-order valence-corrected chi connectivity index (χ0v) is 10.5. The molecule has 0 radical (unpaired) electrons. The number of carboxylic acid groups (broad SMARTS) is 1. The zero-order valence-electron chi connectivity index (χ0n) is 10.5. The number of hydrogen-bond donors (Lipinski definition) is 2. The van der Waals surface area contributed by atoms with Crippen molar-refractivity contribution in [3.8, 4) is 0 Å². The second-order valence-corrected chi connectivity index (χ2v) is 4.59. The number of carbonyl (C=O) groups excluding carboxylic acids is 1. The van der Waals surface area contributed by atoms with Gasteiger partial charge < -0.3 is 20.1 Å². The molecule has 0 saturated carbocycles. The number of aliphatic carboxylic acids is 1. The quantitative estimate of drug-likeness (QED) is 0.756. The number of amides is 2. The molecular weight excluding hydrogens is 224 g/mol. The molecule has 0 aromatic carbocycles. The van der Waals surface area contributed by atoms with Gasteiger partial charge in [0.15, 0.2) is 6.10 Å². The van der Waals surface area contributed by atoms with Crippen molar-refractivity contribution >= 4 is 12.0 Å². The van der Waals surface area contributed by atoms with E-state index in [1.165, 1.54) is 7.11 Å². The van der Waals surface area contributed by atoms with Gasteiger partial charge in [0.05, 0.1) is 6.54 Å². The molecule has 3 atom stereocenters. The van der Waals surface area contributed by atoms with Crippen molar-refractivity contribution in [2.75, 3.05) is 20.2 Å². The van der Waals surface area contributed by atoms with Crippen molar-refractivity contribution in [1.29, 1.82) is 0 Å². The Morgan fingerprint density at radius 2 is 2.18 bits per heavy atom. The third-order valence-electron chi connectivity index (χ3n) is 3.04. The van der Waals surface area contributed by atoms with E-state index in [2.05, 4.69) is 12.2 Å². The molecule has 6 heteroatoms. The first-order valence-electron chi connectivity index (χ1n) is 5.75. The highest BCUT2D eigenvalue weighted by Crippen LogP contribution is 2.21. The molecule has 6 nitrogen and oxygen atoms in total. The van der Waals surface area contributed by atoms with Crippen molar-refractivity contribution in [2.45, 2.75) is 32.4 Å². The van der Waals surface area contributed by atoms with Crippen molar-refractivity contribution in [2.24, 2.45) is 5.92 Å². The van der Waals surface area contributed by atoms with E-state index in [0.29, 0.717) is 5.92 Å². The summed E-state index contributed by atoms with van der Waals surface area (Å²) in [6.07, 6.45) is -0.00524. The maximum Gasteiger partial charge on any atom is 0.334 e. The molecule has 1 saturated heterocycles. The van der Waals surface area contributed by atoms with Gasteiger partial charge in [0.1, 0.15) is 0 Å². The Morgan fingerprint density at radius 3 is 2.59 bits per heavy atom. The highest BCUT2D eigenvalue weighted by Gasteiger charge is 2.30. The molecule has 3 unspecified atom stereocenters. The topological polar surface area (TPSA) is 78.9 Å². The van der Waals surface area contributed by atoms with Crippen LogP contribution in [0.5, 0.6) is 0 Å². The molecule has 98 valence electrons. The molecule has 0 bridgehead atoms. The van der Waals surface area contributed by atoms with E-state index in [-0.39, 0.29) is 18.6 Å². The Kier molecular flexibility index (Phi) is 4.74. The summed E-state index contributed by atoms with van der Waals surface area (Å²) in [6, 6.07) is -0.0130. The van der Waals surface area contributed by atoms with Crippen LogP contribution in [0.1, 0.15) is 20.3 Å². The Hall–Kier alpha value is -1.30. The molecule has 1 heterocycles. The van der Waals surface area contributed by atoms with E-state index in [0.717, 1.165) is 13.0 Å². The van der Waals surface area contributed by atoms with Crippen molar-refractivity contribution < 1.29 is 19.4 Å². The minimum atomic E-state index is -1.07. The molecule has 0 aromatic rings. The van der Waals surface area contributed by atoms with Crippen molar-refractivity contribution in [3.63, 3.8) is 0 Å². The van der Waals surface area contributed by atoms with Gasteiger partial charge in [0, 0.05) is 19.7 Å². The summed E-state index contributed by atoms with van der Waals surface area (Å²) in [6.45, 7) is 4.80. The lowest BCUT2D eigenvalue weighted by Crippen LogP contribution is -2.46. The number of ether oxygens (including phenoxy) is 1. The summed E-state index contributed by atoms with van der Waals surface area (Å²) in [4.78, 5) is 24.2. The van der Waals surface area contributed by atoms with Crippen molar-refractivity contribution in [3.05, 3.63) is 0 Å². The van der Waals surface area contributed by atoms with E-state index in [1.807, 2.05) is 6.92 Å². The summed E-state index contributed by atoms with van der Waals surface area (Å²) >= 11 is 0. The van der Waals surface area contributed by atoms with Crippen LogP contribution >= 0.6 is 0 Å². The Morgan fingerprint density at radius 1 is 1.53 bits per heavy atom. The average molecular weight is 244 g/mol. The average Bonchev–Trinajstić information content (AvgIpc) is 2.58. The van der Waals surface area contributed by atoms with Crippen LogP contribution < -0.4 is 5.32 Å². The van der Waals surface area contributed by atoms with Crippen molar-refractivity contribution in [1.82, 2.24) is 10.2 Å². The summed E-state index contributed by atoms with van der Waals surface area (Å²) in [5.41, 5.74) is 0. The van der Waals surface area contributed by atoms with Gasteiger partial charge in [-0.25, -0.2) is 9.59 Å². The van der Waals surface area contributed by atoms with Gasteiger partial charge in [-0.1, -0.05) is 6.92 Å². The highest BCUT2D eigenvalue weighted by atomic mass is 16.5. The SMILES string of the molecule is COC(CNC(=O)N1CC(C)CC1C)C(=O)O. The number of carboxylic acids is 1. The monoisotopic (exact) mass is 244 g/mol. The Bertz CT molecular complexity index is 295. The van der Waals surface area contributed by atoms with Crippen LogP contribution in [0.25, 0.3) is 0 Å². The van der Waals surface area contributed by atoms with Crippen LogP contribution in [0.2, 0.25) is 0 Å². The van der Waals surface area contributed by atoms with E-state index >= 15 is 0 Å². The third-order valence-corrected chi connectivity index (χ3v) is 3.04. The summed E-state index contributed by atoms with van der Waals surface area (Å²) in [7, 11) is 1.31. The summed E-state index contributed by atoms with van der Waals surface area (Å²) in [5, 5.41) is 11.3. The Balaban J connectivity index is 2.42. The van der Waals surface area contributed by atoms with Crippen LogP contribution in [-0.4, -0.2) is 54.4 Å². The molecule has 1 rings (SSSR count). The van der Waals surface area contributed by atoms with Gasteiger partial charge in [-0.3, -0.25) is 0 Å². The van der Waals surface area contributed by atoms with Crippen LogP contribution in [0.4, 0.5) is 4.79 Å². The number of hydrogen-bond acceptors (Lipinski definition) is 3. The van der Waals surface area contributed by atoms with E-state index in [1.54, 1.807) is 4.90 Å². The van der Waals surface area contributed by atoms with Crippen LogP contribution in [0, 0.1) is 5.92 Å². The highest BCUT2D eigenvalue weighted by molar-refractivity contribution is 5.77. The minimum Gasteiger partial charge on any atom is -0.479 e. The fourth-order valence-electron chi connectivity index (χ4n) is 2.14. The predicted octanol–water partition coefficient (Wildman–Crippen LogP) is 0.526. The fourth-order valence-corrected chi connectivity index (χ4v) is 2.14. The van der Waals surface area contributed by atoms with E-state index in [4.69, 9.17) is 9.84 Å². The molecule has 1 aliphatic heterocycles. The number of rotatable bonds is 4. The molecule has 2 N–H and O–H groups in total. The lowest BCUT2D eigenvalue weighted by atomic mass is 10.1. The largest absolute Gasteiger partial charge is 0.479 e. The molecule has 0 spiro atoms. The molecule has 17 heavy (non-hydrogen) atoms. The fraction of sp³-hybridized carbons (Fsp3) is 0.818. The maximum absolute atomic E-state index is 11.8. The maximum atomic E-state index is 11.8. The van der Waals surface area contributed by atoms with Crippen LogP contribution in [-0.2, 0) is 9.53 Å². The lowest BCUT2D eigenvalue weighted by Gasteiger charge is -2.22. The minimum absolute atomic E-state index is 0.0116. The first kappa shape index (κ1) is 13.8. The number of methoxy groups -OCH3 is 1. The van der Waals surface area contributed by atoms with E-state index < -0.39 is 12.1 Å². The van der Waals surface area contributed by atoms with Gasteiger partial charge in [-0.05, 0) is 19.3 Å². The molecule has 0 aliphatic carbocycles. The molecule has 1 aliphatic rings. The van der Waals surface area contributed by atoms with E-state index in [9.17, 15) is 9.59 Å². The zero-order chi connectivity index (χ0) is 13.0. The molecule has 2 amide bonds. The molecule has 1 fully saturated rings. The first-order valence-corrected chi connectivity index (χ1v) is 5.75. The third kappa shape index (κ3) is 3.59. The number of urea groups is 1. The Labute approximate surface area is 101 Å². The number of carbonyl (C=O) groups is 2. The van der Waals surface area contributed by atoms with Crippen LogP contribution in [0.15, 0.2) is 0 Å². The number of nitrogens with one attached hydrogen (secondary N) is 1. The number of nitrogens with zero attached hydrogens (tertiary/aromatic N) is 1. The summed E-state index contributed by atoms with van der Waals surface area (Å²) in [5.74, 6) is -0.580. The number of likely N-dealkylation sites (tertiary alicyclic amines) is 1. The van der Waals surface area contributed by atoms with Gasteiger partial charge in [0.25, 0.3) is 0 Å². The van der Waals surface area contributed by atoms with Gasteiger partial charge in [0.2, 0.25) is 0 Å².